The number of benzene rings is 2. The van der Waals surface area contributed by atoms with Crippen LogP contribution in [0, 0.1) is 5.92 Å². The largest absolute Gasteiger partial charge is 0.458 e. The number of rotatable bonds is 8. The Morgan fingerprint density at radius 2 is 1.85 bits per heavy atom. The van der Waals surface area contributed by atoms with Gasteiger partial charge in [0.05, 0.1) is 29.0 Å². The van der Waals surface area contributed by atoms with Crippen molar-refractivity contribution in [1.29, 1.82) is 0 Å². The maximum Gasteiger partial charge on any atom is 0.415 e. The lowest BCUT2D eigenvalue weighted by molar-refractivity contribution is -0.172. The number of carbonyl (C=O) groups is 2. The predicted molar refractivity (Wildman–Crippen MR) is 223 cm³/mol. The van der Waals surface area contributed by atoms with Gasteiger partial charge in [0, 0.05) is 45.5 Å². The Morgan fingerprint density at radius 3 is 2.63 bits per heavy atom. The molecule has 6 aromatic rings. The van der Waals surface area contributed by atoms with E-state index in [9.17, 15) is 19.5 Å². The van der Waals surface area contributed by atoms with Crippen LogP contribution >= 0.6 is 27.7 Å². The van der Waals surface area contributed by atoms with Crippen molar-refractivity contribution in [3.8, 4) is 28.6 Å². The molecule has 0 radical (unpaired) electrons. The minimum absolute atomic E-state index is 0.0687. The second-order valence-electron chi connectivity index (χ2n) is 15.4. The first kappa shape index (κ1) is 38.5. The molecule has 8 heterocycles. The van der Waals surface area contributed by atoms with Crippen LogP contribution in [-0.4, -0.2) is 71.0 Å². The molecule has 3 N–H and O–H groups in total. The van der Waals surface area contributed by atoms with Crippen LogP contribution in [0.3, 0.4) is 0 Å². The smallest absolute Gasteiger partial charge is 0.415 e. The molecule has 4 aliphatic rings. The third-order valence-corrected chi connectivity index (χ3v) is 14.1. The second-order valence-corrected chi connectivity index (χ2v) is 17.2. The highest BCUT2D eigenvalue weighted by molar-refractivity contribution is 9.10. The molecule has 0 aliphatic carbocycles. The molecule has 0 unspecified atom stereocenters. The van der Waals surface area contributed by atoms with Crippen LogP contribution in [0.4, 0.5) is 10.6 Å². The van der Waals surface area contributed by atoms with E-state index in [1.165, 1.54) is 18.1 Å². The van der Waals surface area contributed by atoms with Crippen molar-refractivity contribution >= 4 is 67.6 Å². The Hall–Kier alpha value is -5.72. The molecule has 1 amide bonds. The fraction of sp³-hybridized carbons (Fsp3) is 0.357. The van der Waals surface area contributed by atoms with Gasteiger partial charge < -0.3 is 43.8 Å². The number of anilines is 1. The number of fused-ring (bicyclic) bond motifs is 7. The molecular formula is C42H39BrN8O8S. The molecule has 18 heteroatoms. The number of amides is 1. The summed E-state index contributed by atoms with van der Waals surface area (Å²) in [5, 5.41) is 12.8. The number of imidazole rings is 1. The molecule has 1 fully saturated rings. The molecule has 0 saturated carbocycles. The minimum atomic E-state index is -1.90. The van der Waals surface area contributed by atoms with Gasteiger partial charge in [-0.15, -0.1) is 0 Å². The van der Waals surface area contributed by atoms with E-state index < -0.39 is 17.7 Å². The van der Waals surface area contributed by atoms with Gasteiger partial charge in [-0.2, -0.15) is 0 Å². The van der Waals surface area contributed by atoms with Crippen LogP contribution in [0.25, 0.3) is 33.5 Å². The molecule has 308 valence electrons. The second kappa shape index (κ2) is 14.8. The molecule has 4 aromatic heterocycles. The van der Waals surface area contributed by atoms with Crippen LogP contribution in [-0.2, 0) is 41.2 Å². The normalized spacial score (nSPS) is 18.1. The summed E-state index contributed by atoms with van der Waals surface area (Å²) in [5.74, 6) is 1.68. The van der Waals surface area contributed by atoms with E-state index >= 15 is 0 Å². The van der Waals surface area contributed by atoms with Crippen LogP contribution in [0.2, 0.25) is 0 Å². The number of pyridine rings is 2. The lowest BCUT2D eigenvalue weighted by Crippen LogP contribution is -2.44. The summed E-state index contributed by atoms with van der Waals surface area (Å²) in [7, 11) is 0. The van der Waals surface area contributed by atoms with Crippen LogP contribution in [0.5, 0.6) is 17.2 Å². The number of carbonyl (C=O) groups excluding carboxylic acids is 2. The Balaban J connectivity index is 0.828. The molecule has 0 bridgehead atoms. The average Bonchev–Trinajstić information content (AvgIpc) is 3.97. The van der Waals surface area contributed by atoms with Crippen LogP contribution < -0.4 is 25.5 Å². The third kappa shape index (κ3) is 6.25. The van der Waals surface area contributed by atoms with Crippen molar-refractivity contribution in [2.75, 3.05) is 25.6 Å². The van der Waals surface area contributed by atoms with Gasteiger partial charge in [0.25, 0.3) is 5.56 Å². The van der Waals surface area contributed by atoms with E-state index in [1.807, 2.05) is 31.2 Å². The molecule has 1 atom stereocenters. The van der Waals surface area contributed by atoms with Gasteiger partial charge in [-0.05, 0) is 95.9 Å². The number of aliphatic hydroxyl groups is 1. The van der Waals surface area contributed by atoms with E-state index in [1.54, 1.807) is 28.5 Å². The van der Waals surface area contributed by atoms with E-state index in [4.69, 9.17) is 34.6 Å². The molecular weight excluding hydrogens is 856 g/mol. The number of piperidine rings is 1. The van der Waals surface area contributed by atoms with E-state index in [0.717, 1.165) is 50.3 Å². The zero-order valence-electron chi connectivity index (χ0n) is 32.7. The van der Waals surface area contributed by atoms with E-state index in [2.05, 4.69) is 30.5 Å². The van der Waals surface area contributed by atoms with Crippen LogP contribution in [0.15, 0.2) is 62.0 Å². The monoisotopic (exact) mass is 894 g/mol. The summed E-state index contributed by atoms with van der Waals surface area (Å²) >= 11 is 5.14. The number of nitrogen functional groups attached to an aromatic ring is 1. The van der Waals surface area contributed by atoms with Crippen molar-refractivity contribution in [2.24, 2.45) is 5.92 Å². The first-order valence-corrected chi connectivity index (χ1v) is 21.5. The zero-order valence-corrected chi connectivity index (χ0v) is 35.1. The van der Waals surface area contributed by atoms with E-state index in [-0.39, 0.29) is 43.1 Å². The molecule has 2 aromatic carbocycles. The highest BCUT2D eigenvalue weighted by atomic mass is 79.9. The quantitative estimate of drug-likeness (QED) is 0.161. The van der Waals surface area contributed by atoms with Gasteiger partial charge in [0.1, 0.15) is 18.7 Å². The molecule has 4 aliphatic heterocycles. The Labute approximate surface area is 355 Å². The predicted octanol–water partition coefficient (Wildman–Crippen LogP) is 6.31. The number of nitrogens with zero attached hydrogens (tertiary/aromatic N) is 7. The molecule has 16 nitrogen and oxygen atoms in total. The summed E-state index contributed by atoms with van der Waals surface area (Å²) in [6.07, 6.45) is 4.21. The number of nitrogens with two attached hydrogens (primary N) is 1. The fourth-order valence-corrected chi connectivity index (χ4v) is 10.3. The number of esters is 1. The molecule has 1 saturated heterocycles. The summed E-state index contributed by atoms with van der Waals surface area (Å²) in [5.41, 5.74) is 9.52. The first-order chi connectivity index (χ1) is 29.0. The maximum atomic E-state index is 13.7. The Morgan fingerprint density at radius 1 is 1.05 bits per heavy atom. The summed E-state index contributed by atoms with van der Waals surface area (Å²) in [6.45, 7) is 5.76. The number of hydrogen-bond donors (Lipinski definition) is 2. The van der Waals surface area contributed by atoms with Gasteiger partial charge in [-0.1, -0.05) is 25.6 Å². The van der Waals surface area contributed by atoms with Gasteiger partial charge in [-0.25, -0.2) is 29.5 Å². The molecule has 10 rings (SSSR count). The number of aromatic nitrogens is 6. The van der Waals surface area contributed by atoms with Crippen molar-refractivity contribution in [3.05, 3.63) is 79.8 Å². The van der Waals surface area contributed by atoms with Crippen molar-refractivity contribution in [3.63, 3.8) is 0 Å². The van der Waals surface area contributed by atoms with Gasteiger partial charge in [0.2, 0.25) is 6.79 Å². The van der Waals surface area contributed by atoms with Gasteiger partial charge in [-0.3, -0.25) is 4.79 Å². The fourth-order valence-electron chi connectivity index (χ4n) is 8.78. The topological polar surface area (TPSA) is 199 Å². The zero-order chi connectivity index (χ0) is 41.4. The number of likely N-dealkylation sites (tertiary alicyclic amines) is 1. The number of cyclic esters (lactones) is 1. The third-order valence-electron chi connectivity index (χ3n) is 12.1. The minimum Gasteiger partial charge on any atom is -0.458 e. The highest BCUT2D eigenvalue weighted by Gasteiger charge is 2.45. The summed E-state index contributed by atoms with van der Waals surface area (Å²) in [6, 6.07) is 10.9. The first-order valence-electron chi connectivity index (χ1n) is 19.9. The van der Waals surface area contributed by atoms with Gasteiger partial charge >= 0.3 is 12.1 Å². The lowest BCUT2D eigenvalue weighted by atomic mass is 9.86. The van der Waals surface area contributed by atoms with Crippen LogP contribution in [0.1, 0.15) is 61.8 Å². The lowest BCUT2D eigenvalue weighted by Gasteiger charge is -2.31. The number of ether oxygens (including phenoxy) is 4. The highest BCUT2D eigenvalue weighted by Crippen LogP contribution is 2.44. The summed E-state index contributed by atoms with van der Waals surface area (Å²) < 4.78 is 26.9. The maximum absolute atomic E-state index is 13.7. The van der Waals surface area contributed by atoms with Crippen molar-refractivity contribution < 1.29 is 33.6 Å². The Bertz CT molecular complexity index is 2860. The number of hydrogen-bond acceptors (Lipinski definition) is 14. The number of aryl methyl sites for hydroxylation is 2. The molecule has 0 spiro atoms. The SMILES string of the molecule is CCc1c2c(nc3ccc(OC(=O)N4CCC(CCn5c(Sc6cc7c(cc6Br)OCO7)nc6c(N)ncnc65)CC4)cc13)-c1cc3c(c(=O)n1C2)COC(=O)[C@@]3(O)CC. The molecule has 60 heavy (non-hydrogen) atoms. The van der Waals surface area contributed by atoms with Gasteiger partial charge in [0.15, 0.2) is 39.2 Å². The Kier molecular flexibility index (Phi) is 9.48. The van der Waals surface area contributed by atoms with Crippen molar-refractivity contribution in [2.45, 2.75) is 81.3 Å². The number of halogens is 1. The average molecular weight is 896 g/mol. The van der Waals surface area contributed by atoms with Crippen molar-refractivity contribution in [1.82, 2.24) is 34.0 Å². The standard InChI is InChI=1S/C42H39BrN8O8S/c1-3-23-24-13-22(5-6-29(24)47-34-25(23)17-51-30(34)14-27-26(38(51)52)18-56-39(53)42(27,55)4-2)59-41(54)49-10-7-21(8-11-49)9-12-50-37-35(36(44)45-19-46-37)48-40(50)60-33-16-32-31(15-28(33)43)57-20-58-32/h5-6,13-16,19,21,55H,3-4,7-12,17-18,20H2,1-2H3,(H2,44,45,46)/t42-/m1/s1. The summed E-state index contributed by atoms with van der Waals surface area (Å²) in [4.78, 5) is 61.0. The van der Waals surface area contributed by atoms with E-state index in [0.29, 0.717) is 83.1 Å².